The molecule has 4 heteroatoms. The molecular weight excluding hydrogens is 252 g/mol. The normalized spacial score (nSPS) is 17.6. The van der Waals surface area contributed by atoms with Crippen LogP contribution < -0.4 is 15.8 Å². The second-order valence-corrected chi connectivity index (χ2v) is 5.01. The zero-order valence-corrected chi connectivity index (χ0v) is 11.2. The molecule has 2 aromatic carbocycles. The number of ether oxygens (including phenoxy) is 1. The third-order valence-corrected chi connectivity index (χ3v) is 3.41. The highest BCUT2D eigenvalue weighted by molar-refractivity contribution is 5.97. The van der Waals surface area contributed by atoms with Gasteiger partial charge in [-0.15, -0.1) is 0 Å². The van der Waals surface area contributed by atoms with E-state index in [0.717, 1.165) is 11.1 Å². The van der Waals surface area contributed by atoms with Crippen molar-refractivity contribution >= 4 is 17.3 Å². The van der Waals surface area contributed by atoms with E-state index in [0.29, 0.717) is 23.7 Å². The number of amides is 1. The number of fused-ring (bicyclic) bond motifs is 1. The van der Waals surface area contributed by atoms with E-state index < -0.39 is 0 Å². The van der Waals surface area contributed by atoms with Crippen LogP contribution in [0.25, 0.3) is 11.1 Å². The van der Waals surface area contributed by atoms with Crippen molar-refractivity contribution < 1.29 is 9.53 Å². The fourth-order valence-electron chi connectivity index (χ4n) is 2.24. The zero-order valence-electron chi connectivity index (χ0n) is 11.2. The van der Waals surface area contributed by atoms with Crippen molar-refractivity contribution in [2.75, 3.05) is 17.7 Å². The second-order valence-electron chi connectivity index (χ2n) is 5.01. The van der Waals surface area contributed by atoms with Crippen LogP contribution >= 0.6 is 0 Å². The molecule has 0 aromatic heterocycles. The molecule has 3 rings (SSSR count). The van der Waals surface area contributed by atoms with Crippen molar-refractivity contribution in [3.8, 4) is 16.9 Å². The number of nitrogens with one attached hydrogen (secondary N) is 1. The van der Waals surface area contributed by atoms with Crippen LogP contribution in [0.5, 0.6) is 5.75 Å². The van der Waals surface area contributed by atoms with E-state index in [1.54, 1.807) is 0 Å². The summed E-state index contributed by atoms with van der Waals surface area (Å²) in [7, 11) is 0. The lowest BCUT2D eigenvalue weighted by Gasteiger charge is -2.12. The van der Waals surface area contributed by atoms with E-state index in [1.807, 2.05) is 49.4 Å². The van der Waals surface area contributed by atoms with Crippen molar-refractivity contribution in [2.45, 2.75) is 6.92 Å². The number of carbonyl (C=O) groups excluding carboxylic acids is 1. The van der Waals surface area contributed by atoms with Gasteiger partial charge in [0.15, 0.2) is 5.75 Å². The Labute approximate surface area is 117 Å². The summed E-state index contributed by atoms with van der Waals surface area (Å²) in [4.78, 5) is 11.9. The van der Waals surface area contributed by atoms with E-state index in [2.05, 4.69) is 5.32 Å². The molecule has 1 aliphatic heterocycles. The molecule has 0 spiro atoms. The Morgan fingerprint density at radius 1 is 1.20 bits per heavy atom. The van der Waals surface area contributed by atoms with Crippen LogP contribution in [0.4, 0.5) is 11.4 Å². The van der Waals surface area contributed by atoms with Crippen molar-refractivity contribution in [3.05, 3.63) is 42.5 Å². The Morgan fingerprint density at radius 3 is 2.70 bits per heavy atom. The third kappa shape index (κ3) is 2.20. The lowest BCUT2D eigenvalue weighted by Crippen LogP contribution is -2.22. The van der Waals surface area contributed by atoms with Crippen molar-refractivity contribution in [2.24, 2.45) is 5.92 Å². The quantitative estimate of drug-likeness (QED) is 0.782. The van der Waals surface area contributed by atoms with Gasteiger partial charge < -0.3 is 15.8 Å². The molecule has 1 heterocycles. The third-order valence-electron chi connectivity index (χ3n) is 3.41. The predicted molar refractivity (Wildman–Crippen MR) is 79.6 cm³/mol. The van der Waals surface area contributed by atoms with Crippen molar-refractivity contribution in [3.63, 3.8) is 0 Å². The zero-order chi connectivity index (χ0) is 14.1. The molecule has 2 aromatic rings. The summed E-state index contributed by atoms with van der Waals surface area (Å²) in [6.45, 7) is 2.17. The summed E-state index contributed by atoms with van der Waals surface area (Å²) in [6, 6.07) is 13.7. The minimum atomic E-state index is -0.193. The van der Waals surface area contributed by atoms with Crippen LogP contribution in [0.15, 0.2) is 42.5 Å². The molecule has 0 aliphatic carbocycles. The standard InChI is InChI=1S/C16H16N2O2/c1-10-9-20-15-13(17)7-12(8-14(15)18-16(10)19)11-5-3-2-4-6-11/h2-8,10H,9,17H2,1H3,(H,18,19). The summed E-state index contributed by atoms with van der Waals surface area (Å²) in [5.41, 5.74) is 9.25. The van der Waals surface area contributed by atoms with Gasteiger partial charge in [-0.25, -0.2) is 0 Å². The van der Waals surface area contributed by atoms with Gasteiger partial charge in [0, 0.05) is 0 Å². The van der Waals surface area contributed by atoms with Crippen LogP contribution in [0.1, 0.15) is 6.92 Å². The number of nitrogen functional groups attached to an aromatic ring is 1. The molecule has 1 atom stereocenters. The van der Waals surface area contributed by atoms with Gasteiger partial charge in [0.1, 0.15) is 0 Å². The van der Waals surface area contributed by atoms with Crippen molar-refractivity contribution in [1.82, 2.24) is 0 Å². The first-order chi connectivity index (χ1) is 9.65. The molecule has 20 heavy (non-hydrogen) atoms. The number of rotatable bonds is 1. The molecule has 4 nitrogen and oxygen atoms in total. The molecule has 1 aliphatic rings. The first-order valence-corrected chi connectivity index (χ1v) is 6.58. The Balaban J connectivity index is 2.08. The highest BCUT2D eigenvalue weighted by Gasteiger charge is 2.22. The van der Waals surface area contributed by atoms with Gasteiger partial charge in [-0.1, -0.05) is 37.3 Å². The molecule has 1 amide bonds. The number of anilines is 2. The minimum absolute atomic E-state index is 0.0478. The Morgan fingerprint density at radius 2 is 1.95 bits per heavy atom. The molecule has 0 bridgehead atoms. The average Bonchev–Trinajstić information content (AvgIpc) is 2.60. The maximum absolute atomic E-state index is 11.9. The molecule has 1 unspecified atom stereocenters. The van der Waals surface area contributed by atoms with Crippen molar-refractivity contribution in [1.29, 1.82) is 0 Å². The molecule has 0 saturated carbocycles. The highest BCUT2D eigenvalue weighted by atomic mass is 16.5. The van der Waals surface area contributed by atoms with Gasteiger partial charge in [-0.05, 0) is 23.3 Å². The fraction of sp³-hybridized carbons (Fsp3) is 0.188. The number of hydrogen-bond donors (Lipinski definition) is 2. The lowest BCUT2D eigenvalue weighted by molar-refractivity contribution is -0.119. The van der Waals surface area contributed by atoms with Crippen LogP contribution in [0.3, 0.4) is 0 Å². The summed E-state index contributed by atoms with van der Waals surface area (Å²) in [5.74, 6) is 0.317. The highest BCUT2D eigenvalue weighted by Crippen LogP contribution is 2.38. The van der Waals surface area contributed by atoms with Crippen LogP contribution in [0, 0.1) is 5.92 Å². The smallest absolute Gasteiger partial charge is 0.230 e. The summed E-state index contributed by atoms with van der Waals surface area (Å²) in [6.07, 6.45) is 0. The summed E-state index contributed by atoms with van der Waals surface area (Å²) >= 11 is 0. The lowest BCUT2D eigenvalue weighted by atomic mass is 10.0. The topological polar surface area (TPSA) is 64.3 Å². The monoisotopic (exact) mass is 268 g/mol. The van der Waals surface area contributed by atoms with Gasteiger partial charge in [0.2, 0.25) is 5.91 Å². The summed E-state index contributed by atoms with van der Waals surface area (Å²) < 4.78 is 5.64. The van der Waals surface area contributed by atoms with Crippen LogP contribution in [0.2, 0.25) is 0 Å². The first kappa shape index (κ1) is 12.5. The molecule has 0 saturated heterocycles. The van der Waals surface area contributed by atoms with E-state index in [1.165, 1.54) is 0 Å². The molecular formula is C16H16N2O2. The second kappa shape index (κ2) is 4.89. The number of nitrogens with two attached hydrogens (primary N) is 1. The number of carbonyl (C=O) groups is 1. The van der Waals surface area contributed by atoms with Crippen LogP contribution in [-0.4, -0.2) is 12.5 Å². The number of hydrogen-bond acceptors (Lipinski definition) is 3. The van der Waals surface area contributed by atoms with E-state index in [9.17, 15) is 4.79 Å². The molecule has 0 radical (unpaired) electrons. The van der Waals surface area contributed by atoms with E-state index >= 15 is 0 Å². The molecule has 0 fully saturated rings. The molecule has 102 valence electrons. The van der Waals surface area contributed by atoms with Gasteiger partial charge in [0.25, 0.3) is 0 Å². The number of benzene rings is 2. The maximum Gasteiger partial charge on any atom is 0.230 e. The van der Waals surface area contributed by atoms with Gasteiger partial charge >= 0.3 is 0 Å². The minimum Gasteiger partial charge on any atom is -0.488 e. The van der Waals surface area contributed by atoms with E-state index in [4.69, 9.17) is 10.5 Å². The van der Waals surface area contributed by atoms with Gasteiger partial charge in [0.05, 0.1) is 23.9 Å². The average molecular weight is 268 g/mol. The summed E-state index contributed by atoms with van der Waals surface area (Å²) in [5, 5.41) is 2.88. The fourth-order valence-corrected chi connectivity index (χ4v) is 2.24. The Kier molecular flexibility index (Phi) is 3.06. The SMILES string of the molecule is CC1COc2c(N)cc(-c3ccccc3)cc2NC1=O. The largest absolute Gasteiger partial charge is 0.488 e. The van der Waals surface area contributed by atoms with E-state index in [-0.39, 0.29) is 11.8 Å². The van der Waals surface area contributed by atoms with Crippen LogP contribution in [-0.2, 0) is 4.79 Å². The predicted octanol–water partition coefficient (Wildman–Crippen LogP) is 2.90. The van der Waals surface area contributed by atoms with Gasteiger partial charge in [-0.3, -0.25) is 4.79 Å². The Hall–Kier alpha value is -2.49. The Bertz CT molecular complexity index is 653. The first-order valence-electron chi connectivity index (χ1n) is 6.58. The maximum atomic E-state index is 11.9. The van der Waals surface area contributed by atoms with Gasteiger partial charge in [-0.2, -0.15) is 0 Å². The molecule has 3 N–H and O–H groups in total.